The fraction of sp³-hybridized carbons (Fsp3) is 0.320. The summed E-state index contributed by atoms with van der Waals surface area (Å²) in [5, 5.41) is 8.86. The van der Waals surface area contributed by atoms with Gasteiger partial charge in [-0.1, -0.05) is 12.1 Å². The predicted molar refractivity (Wildman–Crippen MR) is 121 cm³/mol. The van der Waals surface area contributed by atoms with Crippen molar-refractivity contribution in [3.8, 4) is 23.5 Å². The van der Waals surface area contributed by atoms with Gasteiger partial charge in [-0.2, -0.15) is 5.26 Å². The maximum atomic E-state index is 14.1. The second kappa shape index (κ2) is 9.43. The summed E-state index contributed by atoms with van der Waals surface area (Å²) in [5.41, 5.74) is 2.27. The van der Waals surface area contributed by atoms with Gasteiger partial charge in [-0.3, -0.25) is 0 Å². The number of halogens is 1. The number of pyridine rings is 1. The lowest BCUT2D eigenvalue weighted by Crippen LogP contribution is -2.40. The number of fused-ring (bicyclic) bond motifs is 1. The first-order valence-electron chi connectivity index (χ1n) is 10.8. The summed E-state index contributed by atoms with van der Waals surface area (Å²) in [6, 6.07) is 11.3. The van der Waals surface area contributed by atoms with Crippen molar-refractivity contribution in [1.82, 2.24) is 19.9 Å². The molecular weight excluding hydrogens is 437 g/mol. The van der Waals surface area contributed by atoms with Gasteiger partial charge >= 0.3 is 6.09 Å². The molecule has 1 amide bonds. The van der Waals surface area contributed by atoms with Crippen LogP contribution in [-0.2, 0) is 24.3 Å². The summed E-state index contributed by atoms with van der Waals surface area (Å²) in [5.74, 6) is 0.242. The Morgan fingerprint density at radius 1 is 1.24 bits per heavy atom. The Hall–Kier alpha value is -4.06. The number of benzene rings is 1. The smallest absolute Gasteiger partial charge is 0.410 e. The van der Waals surface area contributed by atoms with E-state index >= 15 is 0 Å². The molecule has 0 saturated carbocycles. The zero-order valence-electron chi connectivity index (χ0n) is 19.2. The normalized spacial score (nSPS) is 13.1. The molecule has 8 nitrogen and oxygen atoms in total. The van der Waals surface area contributed by atoms with E-state index in [1.165, 1.54) is 18.2 Å². The Balaban J connectivity index is 1.45. The number of amides is 1. The molecule has 34 heavy (non-hydrogen) atoms. The number of rotatable bonds is 4. The minimum absolute atomic E-state index is 0.0282. The van der Waals surface area contributed by atoms with Gasteiger partial charge in [-0.25, -0.2) is 24.1 Å². The van der Waals surface area contributed by atoms with Crippen molar-refractivity contribution < 1.29 is 18.7 Å². The molecule has 0 N–H and O–H groups in total. The quantitative estimate of drug-likeness (QED) is 0.567. The summed E-state index contributed by atoms with van der Waals surface area (Å²) < 4.78 is 25.2. The molecule has 0 aliphatic carbocycles. The molecule has 0 atom stereocenters. The summed E-state index contributed by atoms with van der Waals surface area (Å²) >= 11 is 0. The van der Waals surface area contributed by atoms with Crippen LogP contribution in [0.4, 0.5) is 9.18 Å². The van der Waals surface area contributed by atoms with Crippen molar-refractivity contribution in [3.63, 3.8) is 0 Å². The first kappa shape index (κ1) is 23.1. The zero-order valence-corrected chi connectivity index (χ0v) is 19.2. The van der Waals surface area contributed by atoms with Gasteiger partial charge in [0.15, 0.2) is 5.82 Å². The van der Waals surface area contributed by atoms with Gasteiger partial charge in [0.25, 0.3) is 0 Å². The molecule has 0 radical (unpaired) electrons. The lowest BCUT2D eigenvalue weighted by Gasteiger charge is -2.30. The minimum Gasteiger partial charge on any atom is -0.473 e. The van der Waals surface area contributed by atoms with Gasteiger partial charge in [0.05, 0.1) is 23.9 Å². The maximum Gasteiger partial charge on any atom is 0.410 e. The fourth-order valence-corrected chi connectivity index (χ4v) is 3.43. The molecule has 0 saturated heterocycles. The van der Waals surface area contributed by atoms with E-state index in [1.54, 1.807) is 29.3 Å². The van der Waals surface area contributed by atoms with Gasteiger partial charge in [0, 0.05) is 36.4 Å². The van der Waals surface area contributed by atoms with Crippen molar-refractivity contribution in [2.45, 2.75) is 45.9 Å². The van der Waals surface area contributed by atoms with Crippen LogP contribution in [0.25, 0.3) is 11.5 Å². The number of hydrogen-bond acceptors (Lipinski definition) is 7. The van der Waals surface area contributed by atoms with E-state index in [9.17, 15) is 9.18 Å². The van der Waals surface area contributed by atoms with Crippen LogP contribution in [0.1, 0.15) is 43.2 Å². The summed E-state index contributed by atoms with van der Waals surface area (Å²) in [6.45, 7) is 6.37. The Bertz CT molecular complexity index is 1270. The van der Waals surface area contributed by atoms with Gasteiger partial charge in [-0.05, 0) is 39.0 Å². The Morgan fingerprint density at radius 3 is 2.79 bits per heavy atom. The topological polar surface area (TPSA) is 101 Å². The molecule has 0 fully saturated rings. The number of hydrogen-bond donors (Lipinski definition) is 0. The van der Waals surface area contributed by atoms with Crippen LogP contribution in [0.3, 0.4) is 0 Å². The molecular formula is C25H24FN5O3. The molecule has 0 unspecified atom stereocenters. The third-order valence-corrected chi connectivity index (χ3v) is 5.10. The highest BCUT2D eigenvalue weighted by molar-refractivity contribution is 5.68. The second-order valence-corrected chi connectivity index (χ2v) is 8.89. The SMILES string of the molecule is CC(C)(C)OC(=O)N1CCc2nc(-c3cccc(OCc4ccc(C#N)cc4F)n3)ncc2C1. The zero-order chi connectivity index (χ0) is 24.3. The second-order valence-electron chi connectivity index (χ2n) is 8.89. The van der Waals surface area contributed by atoms with Crippen LogP contribution < -0.4 is 4.74 Å². The van der Waals surface area contributed by atoms with Crippen molar-refractivity contribution in [1.29, 1.82) is 5.26 Å². The van der Waals surface area contributed by atoms with Gasteiger partial charge < -0.3 is 14.4 Å². The van der Waals surface area contributed by atoms with E-state index in [2.05, 4.69) is 15.0 Å². The Labute approximate surface area is 197 Å². The highest BCUT2D eigenvalue weighted by Crippen LogP contribution is 2.23. The lowest BCUT2D eigenvalue weighted by atomic mass is 10.1. The molecule has 0 spiro atoms. The molecule has 9 heteroatoms. The van der Waals surface area contributed by atoms with Crippen LogP contribution in [0.5, 0.6) is 5.88 Å². The minimum atomic E-state index is -0.553. The summed E-state index contributed by atoms with van der Waals surface area (Å²) in [7, 11) is 0. The van der Waals surface area contributed by atoms with E-state index in [0.29, 0.717) is 42.5 Å². The molecule has 1 aliphatic heterocycles. The van der Waals surface area contributed by atoms with Crippen LogP contribution >= 0.6 is 0 Å². The first-order valence-corrected chi connectivity index (χ1v) is 10.8. The highest BCUT2D eigenvalue weighted by Gasteiger charge is 2.27. The highest BCUT2D eigenvalue weighted by atomic mass is 19.1. The Kier molecular flexibility index (Phi) is 6.41. The standard InChI is InChI=1S/C25H24FN5O3/c1-25(2,3)34-24(32)31-10-9-20-18(14-31)13-28-23(30-20)21-5-4-6-22(29-21)33-15-17-8-7-16(12-27)11-19(17)26/h4-8,11,13H,9-10,14-15H2,1-3H3. The number of ether oxygens (including phenoxy) is 2. The number of aromatic nitrogens is 3. The van der Waals surface area contributed by atoms with Crippen molar-refractivity contribution in [2.75, 3.05) is 6.54 Å². The van der Waals surface area contributed by atoms with Crippen molar-refractivity contribution in [3.05, 3.63) is 70.8 Å². The molecule has 0 bridgehead atoms. The molecule has 3 aromatic rings. The van der Waals surface area contributed by atoms with Gasteiger partial charge in [0.2, 0.25) is 5.88 Å². The molecule has 1 aromatic carbocycles. The summed E-state index contributed by atoms with van der Waals surface area (Å²) in [6.07, 6.45) is 1.93. The lowest BCUT2D eigenvalue weighted by molar-refractivity contribution is 0.0222. The molecule has 174 valence electrons. The van der Waals surface area contributed by atoms with E-state index in [-0.39, 0.29) is 18.3 Å². The average Bonchev–Trinajstić information content (AvgIpc) is 2.81. The van der Waals surface area contributed by atoms with E-state index in [4.69, 9.17) is 14.7 Å². The average molecular weight is 461 g/mol. The number of carbonyl (C=O) groups is 1. The molecule has 3 heterocycles. The third kappa shape index (κ3) is 5.46. The third-order valence-electron chi connectivity index (χ3n) is 5.10. The first-order chi connectivity index (χ1) is 16.2. The number of carbonyl (C=O) groups excluding carboxylic acids is 1. The number of nitriles is 1. The molecule has 1 aliphatic rings. The fourth-order valence-electron chi connectivity index (χ4n) is 3.43. The van der Waals surface area contributed by atoms with Crippen LogP contribution in [0, 0.1) is 17.1 Å². The van der Waals surface area contributed by atoms with Crippen molar-refractivity contribution in [2.24, 2.45) is 0 Å². The maximum absolute atomic E-state index is 14.1. The van der Waals surface area contributed by atoms with E-state index in [0.717, 1.165) is 11.3 Å². The largest absolute Gasteiger partial charge is 0.473 e. The van der Waals surface area contributed by atoms with Crippen LogP contribution in [0.2, 0.25) is 0 Å². The van der Waals surface area contributed by atoms with E-state index < -0.39 is 11.4 Å². The predicted octanol–water partition coefficient (Wildman–Crippen LogP) is 4.42. The van der Waals surface area contributed by atoms with Crippen LogP contribution in [-0.4, -0.2) is 38.1 Å². The molecule has 4 rings (SSSR count). The van der Waals surface area contributed by atoms with Crippen LogP contribution in [0.15, 0.2) is 42.6 Å². The van der Waals surface area contributed by atoms with E-state index in [1.807, 2.05) is 26.8 Å². The van der Waals surface area contributed by atoms with Gasteiger partial charge in [-0.15, -0.1) is 0 Å². The monoisotopic (exact) mass is 461 g/mol. The van der Waals surface area contributed by atoms with Gasteiger partial charge in [0.1, 0.15) is 23.7 Å². The molecule has 2 aromatic heterocycles. The summed E-state index contributed by atoms with van der Waals surface area (Å²) in [4.78, 5) is 27.5. The number of nitrogens with zero attached hydrogens (tertiary/aromatic N) is 5. The Morgan fingerprint density at radius 2 is 2.06 bits per heavy atom. The van der Waals surface area contributed by atoms with Crippen molar-refractivity contribution >= 4 is 6.09 Å².